The molecule has 1 aliphatic rings. The van der Waals surface area contributed by atoms with Crippen molar-refractivity contribution in [3.05, 3.63) is 0 Å². The van der Waals surface area contributed by atoms with E-state index in [2.05, 4.69) is 0 Å². The van der Waals surface area contributed by atoms with Gasteiger partial charge in [-0.2, -0.15) is 0 Å². The highest BCUT2D eigenvalue weighted by molar-refractivity contribution is 7.32. The number of hydrogen-bond donors (Lipinski definition) is 0. The second-order valence-electron chi connectivity index (χ2n) is 11.5. The maximum absolute atomic E-state index is 6.93. The second-order valence-corrected chi connectivity index (χ2v) is 27.5. The van der Waals surface area contributed by atoms with Crippen molar-refractivity contribution < 1.29 is 56.3 Å². The van der Waals surface area contributed by atoms with Crippen molar-refractivity contribution in [1.29, 1.82) is 0 Å². The molecule has 1 fully saturated rings. The van der Waals surface area contributed by atoms with Crippen LogP contribution in [0.2, 0.25) is 6.04 Å². The van der Waals surface area contributed by atoms with Crippen LogP contribution in [0.25, 0.3) is 0 Å². The summed E-state index contributed by atoms with van der Waals surface area (Å²) >= 11 is 0. The van der Waals surface area contributed by atoms with Gasteiger partial charge in [0, 0.05) is 49.1 Å². The van der Waals surface area contributed by atoms with Gasteiger partial charge in [-0.15, -0.1) is 0 Å². The third-order valence-corrected chi connectivity index (χ3v) is 31.6. The van der Waals surface area contributed by atoms with Gasteiger partial charge in [0.1, 0.15) is 0 Å². The first-order valence-corrected chi connectivity index (χ1v) is 26.6. The summed E-state index contributed by atoms with van der Waals surface area (Å²) in [5.74, 6) is -1.46. The molecule has 0 saturated carbocycles. The van der Waals surface area contributed by atoms with Crippen molar-refractivity contribution in [2.24, 2.45) is 0 Å². The Morgan fingerprint density at radius 3 is 1.12 bits per heavy atom. The Kier molecular flexibility index (Phi) is 20.8. The van der Waals surface area contributed by atoms with Crippen LogP contribution in [0, 0.1) is 0 Å². The van der Waals surface area contributed by atoms with Crippen molar-refractivity contribution >= 4 is 76.4 Å². The lowest BCUT2D eigenvalue weighted by Crippen LogP contribution is -2.79. The molecular formula is C21H58O13Si8. The van der Waals surface area contributed by atoms with Crippen LogP contribution >= 0.6 is 0 Å². The van der Waals surface area contributed by atoms with Crippen molar-refractivity contribution in [1.82, 2.24) is 0 Å². The van der Waals surface area contributed by atoms with Gasteiger partial charge < -0.3 is 56.3 Å². The van der Waals surface area contributed by atoms with Crippen LogP contribution in [0.5, 0.6) is 0 Å². The highest BCUT2D eigenvalue weighted by Gasteiger charge is 2.74. The third-order valence-electron chi connectivity index (χ3n) is 5.56. The molecule has 0 spiro atoms. The first kappa shape index (κ1) is 41.2. The van der Waals surface area contributed by atoms with E-state index in [0.29, 0.717) is 12.5 Å². The molecule has 0 unspecified atom stereocenters. The van der Waals surface area contributed by atoms with Crippen molar-refractivity contribution in [2.75, 3.05) is 0 Å². The zero-order valence-corrected chi connectivity index (χ0v) is 38.4. The van der Waals surface area contributed by atoms with E-state index >= 15 is 0 Å². The molecular weight excluding hydrogens is 685 g/mol. The number of rotatable bonds is 24. The minimum absolute atomic E-state index is 0.00756. The Labute approximate surface area is 270 Å². The lowest BCUT2D eigenvalue weighted by Gasteiger charge is -2.51. The van der Waals surface area contributed by atoms with Gasteiger partial charge in [-0.25, -0.2) is 0 Å². The van der Waals surface area contributed by atoms with Crippen LogP contribution in [0.3, 0.4) is 0 Å². The van der Waals surface area contributed by atoms with Crippen LogP contribution in [-0.2, 0) is 56.3 Å². The summed E-state index contributed by atoms with van der Waals surface area (Å²) in [6.45, 7) is 23.7. The van der Waals surface area contributed by atoms with Crippen molar-refractivity contribution in [3.63, 3.8) is 0 Å². The van der Waals surface area contributed by atoms with Gasteiger partial charge in [-0.05, 0) is 83.1 Å². The Morgan fingerprint density at radius 1 is 0.476 bits per heavy atom. The van der Waals surface area contributed by atoms with E-state index in [-0.39, 0.29) is 36.6 Å². The Morgan fingerprint density at radius 2 is 0.786 bits per heavy atom. The lowest BCUT2D eigenvalue weighted by molar-refractivity contribution is -0.286. The van der Waals surface area contributed by atoms with E-state index in [1.165, 1.54) is 0 Å². The fraction of sp³-hybridized carbons (Fsp3) is 1.00. The van der Waals surface area contributed by atoms with Gasteiger partial charge in [-0.1, -0.05) is 0 Å². The van der Waals surface area contributed by atoms with E-state index < -0.39 is 82.4 Å². The predicted molar refractivity (Wildman–Crippen MR) is 180 cm³/mol. The quantitative estimate of drug-likeness (QED) is 0.0905. The molecule has 0 aromatic carbocycles. The van der Waals surface area contributed by atoms with E-state index in [0.717, 1.165) is 0 Å². The topological polar surface area (TPSA) is 120 Å². The number of hydrogen-bond acceptors (Lipinski definition) is 13. The molecule has 1 saturated heterocycles. The molecule has 0 N–H and O–H groups in total. The van der Waals surface area contributed by atoms with E-state index in [1.54, 1.807) is 0 Å². The molecule has 0 atom stereocenters. The highest BCUT2D eigenvalue weighted by Crippen LogP contribution is 2.42. The van der Waals surface area contributed by atoms with Crippen molar-refractivity contribution in [2.45, 2.75) is 138 Å². The maximum atomic E-state index is 6.93. The molecule has 0 radical (unpaired) electrons. The molecule has 1 heterocycles. The molecule has 0 amide bonds. The average molecular weight is 743 g/mol. The van der Waals surface area contributed by atoms with Gasteiger partial charge in [-0.3, -0.25) is 0 Å². The molecule has 21 heteroatoms. The van der Waals surface area contributed by atoms with Gasteiger partial charge >= 0.3 is 36.4 Å². The summed E-state index contributed by atoms with van der Waals surface area (Å²) in [5.41, 5.74) is 0. The van der Waals surface area contributed by atoms with Crippen LogP contribution in [0.1, 0.15) is 89.5 Å². The Hall–Kier alpha value is 1.22. The second kappa shape index (κ2) is 21.2. The minimum Gasteiger partial charge on any atom is -0.417 e. The molecule has 252 valence electrons. The summed E-state index contributed by atoms with van der Waals surface area (Å²) in [5, 5.41) is 0. The zero-order valence-electron chi connectivity index (χ0n) is 27.9. The summed E-state index contributed by atoms with van der Waals surface area (Å²) in [7, 11) is -16.4. The van der Waals surface area contributed by atoms with E-state index in [1.807, 2.05) is 83.1 Å². The monoisotopic (exact) mass is 742 g/mol. The standard InChI is InChI=1S/C21H58O13Si8/c1-15(2)22-35-28-21(29-36-23-16(3)4)13-14-41(31-37-24-17(5)6,32-38-25-18(7)8)42(30-21,33-39-26-19(9)10)34-40-27-20(11)12/h15-20H,13-14,35-40H2,1-12H3. The minimum atomic E-state index is -3.87. The first-order valence-electron chi connectivity index (χ1n) is 14.9. The Balaban J connectivity index is 3.61. The molecule has 0 aromatic rings. The van der Waals surface area contributed by atoms with E-state index in [9.17, 15) is 0 Å². The van der Waals surface area contributed by atoms with E-state index in [4.69, 9.17) is 56.3 Å². The third kappa shape index (κ3) is 15.7. The fourth-order valence-electron chi connectivity index (χ4n) is 3.28. The normalized spacial score (nSPS) is 27.0. The predicted octanol–water partition coefficient (Wildman–Crippen LogP) is -0.838. The molecule has 42 heavy (non-hydrogen) atoms. The van der Waals surface area contributed by atoms with Crippen LogP contribution < -0.4 is 0 Å². The van der Waals surface area contributed by atoms with Gasteiger partial charge in [0.2, 0.25) is 0 Å². The maximum Gasteiger partial charge on any atom is 0.523 e. The molecule has 0 aliphatic carbocycles. The average Bonchev–Trinajstić information content (AvgIpc) is 2.85. The van der Waals surface area contributed by atoms with Gasteiger partial charge in [0.15, 0.2) is 0 Å². The molecule has 13 nitrogen and oxygen atoms in total. The summed E-state index contributed by atoms with van der Waals surface area (Å²) < 4.78 is 82.3. The SMILES string of the molecule is CC(C)O[SiH2]OC1(O[SiH2]OC(C)C)CC[Si](O[SiH2]OC(C)C)(O[SiH2]OC(C)C)[Si](O[SiH2]OC(C)C)(O[SiH2]OC(C)C)O1. The van der Waals surface area contributed by atoms with Crippen molar-refractivity contribution in [3.8, 4) is 0 Å². The summed E-state index contributed by atoms with van der Waals surface area (Å²) in [6, 6.07) is 0.445. The van der Waals surface area contributed by atoms with Gasteiger partial charge in [0.05, 0.1) is 0 Å². The lowest BCUT2D eigenvalue weighted by atomic mass is 10.4. The summed E-state index contributed by atoms with van der Waals surface area (Å²) in [4.78, 5) is 0. The van der Waals surface area contributed by atoms with Crippen LogP contribution in [0.4, 0.5) is 0 Å². The molecule has 0 aromatic heterocycles. The zero-order chi connectivity index (χ0) is 31.8. The Bertz CT molecular complexity index is 667. The first-order chi connectivity index (χ1) is 19.7. The summed E-state index contributed by atoms with van der Waals surface area (Å²) in [6.07, 6.45) is 0.325. The molecule has 1 aliphatic heterocycles. The smallest absolute Gasteiger partial charge is 0.417 e. The van der Waals surface area contributed by atoms with Crippen LogP contribution in [-0.4, -0.2) is 119 Å². The fourth-order valence-corrected chi connectivity index (χ4v) is 30.4. The molecule has 1 rings (SSSR count). The largest absolute Gasteiger partial charge is 0.523 e. The van der Waals surface area contributed by atoms with Crippen LogP contribution in [0.15, 0.2) is 0 Å². The highest BCUT2D eigenvalue weighted by atomic mass is 29.3. The molecule has 0 bridgehead atoms. The van der Waals surface area contributed by atoms with Gasteiger partial charge in [0.25, 0.3) is 46.0 Å².